The lowest BCUT2D eigenvalue weighted by Gasteiger charge is -2.55. The summed E-state index contributed by atoms with van der Waals surface area (Å²) < 4.78 is 0. The molecule has 5 rings (SSSR count). The van der Waals surface area contributed by atoms with Gasteiger partial charge in [-0.3, -0.25) is 4.79 Å². The molecule has 0 unspecified atom stereocenters. The minimum absolute atomic E-state index is 0.0988. The lowest BCUT2D eigenvalue weighted by Crippen LogP contribution is -2.51. The summed E-state index contributed by atoms with van der Waals surface area (Å²) in [5.41, 5.74) is -0.0988. The number of nitrogens with one attached hydrogen (secondary N) is 1. The number of nitrogens with zero attached hydrogens (tertiary/aromatic N) is 2. The fraction of sp³-hybridized carbons (Fsp3) is 0.812. The first kappa shape index (κ1) is 13.7. The zero-order valence-electron chi connectivity index (χ0n) is 12.8. The maximum Gasteiger partial charge on any atom is 0.232 e. The predicted molar refractivity (Wildman–Crippen MR) is 83.2 cm³/mol. The molecule has 1 heterocycles. The lowest BCUT2D eigenvalue weighted by atomic mass is 9.49. The molecule has 0 aromatic carbocycles. The highest BCUT2D eigenvalue weighted by atomic mass is 32.1. The Labute approximate surface area is 129 Å². The van der Waals surface area contributed by atoms with Gasteiger partial charge in [0.05, 0.1) is 5.41 Å². The average molecular weight is 305 g/mol. The van der Waals surface area contributed by atoms with Gasteiger partial charge in [0.25, 0.3) is 0 Å². The second-order valence-corrected chi connectivity index (χ2v) is 8.76. The van der Waals surface area contributed by atoms with E-state index in [0.717, 1.165) is 42.0 Å². The maximum atomic E-state index is 12.9. The van der Waals surface area contributed by atoms with E-state index in [2.05, 4.69) is 29.4 Å². The van der Waals surface area contributed by atoms with Crippen molar-refractivity contribution in [3.05, 3.63) is 5.01 Å². The number of carbonyl (C=O) groups is 1. The molecule has 21 heavy (non-hydrogen) atoms. The molecule has 1 amide bonds. The number of amides is 1. The summed E-state index contributed by atoms with van der Waals surface area (Å²) in [5.74, 6) is 2.97. The van der Waals surface area contributed by atoms with Gasteiger partial charge in [0.15, 0.2) is 0 Å². The summed E-state index contributed by atoms with van der Waals surface area (Å²) >= 11 is 1.52. The third-order valence-electron chi connectivity index (χ3n) is 5.67. The fourth-order valence-corrected chi connectivity index (χ4v) is 5.88. The molecule has 0 radical (unpaired) electrons. The normalized spacial score (nSPS) is 37.2. The van der Waals surface area contributed by atoms with Crippen LogP contribution in [0.4, 0.5) is 5.13 Å². The second kappa shape index (κ2) is 4.77. The van der Waals surface area contributed by atoms with Crippen molar-refractivity contribution < 1.29 is 4.79 Å². The van der Waals surface area contributed by atoms with Gasteiger partial charge in [-0.2, -0.15) is 0 Å². The average Bonchev–Trinajstić information content (AvgIpc) is 2.85. The Morgan fingerprint density at radius 1 is 1.14 bits per heavy atom. The van der Waals surface area contributed by atoms with Crippen LogP contribution in [0.3, 0.4) is 0 Å². The topological polar surface area (TPSA) is 54.9 Å². The summed E-state index contributed by atoms with van der Waals surface area (Å²) in [6.07, 6.45) is 7.39. The van der Waals surface area contributed by atoms with Gasteiger partial charge in [0.2, 0.25) is 11.0 Å². The van der Waals surface area contributed by atoms with Gasteiger partial charge >= 0.3 is 0 Å². The number of anilines is 1. The van der Waals surface area contributed by atoms with Crippen LogP contribution < -0.4 is 5.32 Å². The molecule has 1 aromatic rings. The van der Waals surface area contributed by atoms with Crippen LogP contribution in [0.1, 0.15) is 63.3 Å². The van der Waals surface area contributed by atoms with Crippen molar-refractivity contribution in [2.75, 3.05) is 5.32 Å². The first-order valence-corrected chi connectivity index (χ1v) is 9.00. The van der Waals surface area contributed by atoms with E-state index >= 15 is 0 Å². The monoisotopic (exact) mass is 305 g/mol. The molecule has 4 nitrogen and oxygen atoms in total. The summed E-state index contributed by atoms with van der Waals surface area (Å²) in [7, 11) is 0. The molecule has 0 aliphatic heterocycles. The van der Waals surface area contributed by atoms with Crippen LogP contribution >= 0.6 is 11.3 Å². The van der Waals surface area contributed by atoms with Crippen LogP contribution in [0, 0.1) is 23.2 Å². The van der Waals surface area contributed by atoms with Crippen LogP contribution in [0.15, 0.2) is 0 Å². The Hall–Kier alpha value is -0.970. The molecule has 1 N–H and O–H groups in total. The minimum atomic E-state index is -0.0988. The van der Waals surface area contributed by atoms with Crippen molar-refractivity contribution in [2.24, 2.45) is 23.2 Å². The molecule has 4 aliphatic rings. The molecular formula is C16H23N3OS. The van der Waals surface area contributed by atoms with Crippen LogP contribution in [0.25, 0.3) is 0 Å². The Kier molecular flexibility index (Phi) is 3.10. The van der Waals surface area contributed by atoms with Crippen molar-refractivity contribution in [3.63, 3.8) is 0 Å². The lowest BCUT2D eigenvalue weighted by molar-refractivity contribution is -0.140. The van der Waals surface area contributed by atoms with Crippen molar-refractivity contribution >= 4 is 22.4 Å². The van der Waals surface area contributed by atoms with Crippen molar-refractivity contribution in [1.82, 2.24) is 10.2 Å². The Morgan fingerprint density at radius 3 is 2.19 bits per heavy atom. The maximum absolute atomic E-state index is 12.9. The van der Waals surface area contributed by atoms with E-state index in [4.69, 9.17) is 0 Å². The van der Waals surface area contributed by atoms with Crippen molar-refractivity contribution in [2.45, 2.75) is 58.3 Å². The third-order valence-corrected chi connectivity index (χ3v) is 6.81. The van der Waals surface area contributed by atoms with Crippen molar-refractivity contribution in [3.8, 4) is 0 Å². The van der Waals surface area contributed by atoms with E-state index in [1.807, 2.05) is 0 Å². The number of rotatable bonds is 3. The van der Waals surface area contributed by atoms with E-state index in [9.17, 15) is 4.79 Å². The van der Waals surface area contributed by atoms with Crippen LogP contribution in [0.5, 0.6) is 0 Å². The first-order chi connectivity index (χ1) is 10.0. The molecular weight excluding hydrogens is 282 g/mol. The van der Waals surface area contributed by atoms with Crippen LogP contribution in [-0.2, 0) is 4.79 Å². The summed E-state index contributed by atoms with van der Waals surface area (Å²) in [4.78, 5) is 12.9. The Morgan fingerprint density at radius 2 is 1.71 bits per heavy atom. The van der Waals surface area contributed by atoms with Gasteiger partial charge in [0.1, 0.15) is 5.01 Å². The Bertz CT molecular complexity index is 530. The van der Waals surface area contributed by atoms with Gasteiger partial charge in [-0.05, 0) is 56.3 Å². The minimum Gasteiger partial charge on any atom is -0.300 e. The molecule has 1 aromatic heterocycles. The standard InChI is InChI=1S/C16H23N3OS/c1-9(2)13-18-19-15(21-13)17-14(20)16-6-10-3-11(7-16)5-12(4-10)8-16/h9-12H,3-8H2,1-2H3,(H,17,19,20). The highest BCUT2D eigenvalue weighted by molar-refractivity contribution is 7.15. The molecule has 0 spiro atoms. The summed E-state index contributed by atoms with van der Waals surface area (Å²) in [6, 6.07) is 0. The summed E-state index contributed by atoms with van der Waals surface area (Å²) in [5, 5.41) is 13.1. The van der Waals surface area contributed by atoms with Gasteiger partial charge in [-0.25, -0.2) is 0 Å². The number of hydrogen-bond acceptors (Lipinski definition) is 4. The second-order valence-electron chi connectivity index (χ2n) is 7.75. The molecule has 0 saturated heterocycles. The van der Waals surface area contributed by atoms with Crippen LogP contribution in [0.2, 0.25) is 0 Å². The van der Waals surface area contributed by atoms with E-state index in [1.165, 1.54) is 30.6 Å². The summed E-state index contributed by atoms with van der Waals surface area (Å²) in [6.45, 7) is 4.20. The highest BCUT2D eigenvalue weighted by Crippen LogP contribution is 2.60. The quantitative estimate of drug-likeness (QED) is 0.923. The number of carbonyl (C=O) groups excluding carboxylic acids is 1. The SMILES string of the molecule is CC(C)c1nnc(NC(=O)C23CC4CC(CC(C4)C2)C3)s1. The van der Waals surface area contributed by atoms with Gasteiger partial charge in [-0.15, -0.1) is 10.2 Å². The highest BCUT2D eigenvalue weighted by Gasteiger charge is 2.54. The first-order valence-electron chi connectivity index (χ1n) is 8.19. The zero-order chi connectivity index (χ0) is 14.6. The predicted octanol–water partition coefficient (Wildman–Crippen LogP) is 3.82. The molecule has 4 saturated carbocycles. The van der Waals surface area contributed by atoms with Crippen molar-refractivity contribution in [1.29, 1.82) is 0 Å². The van der Waals surface area contributed by atoms with E-state index < -0.39 is 0 Å². The van der Waals surface area contributed by atoms with Gasteiger partial charge in [-0.1, -0.05) is 25.2 Å². The largest absolute Gasteiger partial charge is 0.300 e. The molecule has 4 fully saturated rings. The third kappa shape index (κ3) is 2.30. The van der Waals surface area contributed by atoms with Gasteiger partial charge in [0, 0.05) is 5.92 Å². The number of hydrogen-bond donors (Lipinski definition) is 1. The number of aromatic nitrogens is 2. The van der Waals surface area contributed by atoms with E-state index in [-0.39, 0.29) is 11.3 Å². The fourth-order valence-electron chi connectivity index (χ4n) is 5.14. The van der Waals surface area contributed by atoms with Gasteiger partial charge < -0.3 is 5.32 Å². The molecule has 0 atom stereocenters. The molecule has 5 heteroatoms. The zero-order valence-corrected chi connectivity index (χ0v) is 13.6. The van der Waals surface area contributed by atoms with Crippen LogP contribution in [-0.4, -0.2) is 16.1 Å². The molecule has 114 valence electrons. The smallest absolute Gasteiger partial charge is 0.232 e. The molecule has 4 bridgehead atoms. The Balaban J connectivity index is 1.51. The molecule has 4 aliphatic carbocycles. The van der Waals surface area contributed by atoms with E-state index in [0.29, 0.717) is 11.0 Å². The van der Waals surface area contributed by atoms with E-state index in [1.54, 1.807) is 0 Å².